The minimum atomic E-state index is -0.200. The summed E-state index contributed by atoms with van der Waals surface area (Å²) < 4.78 is 0. The Balaban J connectivity index is 2.80. The monoisotopic (exact) mass is 192 g/mol. The largest absolute Gasteiger partial charge is 0.347 e. The van der Waals surface area contributed by atoms with Crippen molar-refractivity contribution in [3.8, 4) is 0 Å². The van der Waals surface area contributed by atoms with Crippen molar-refractivity contribution in [3.63, 3.8) is 0 Å². The van der Waals surface area contributed by atoms with Crippen molar-refractivity contribution < 1.29 is 4.79 Å². The quantitative estimate of drug-likeness (QED) is 0.738. The Kier molecular flexibility index (Phi) is 2.89. The second kappa shape index (κ2) is 3.78. The predicted octanol–water partition coefficient (Wildman–Crippen LogP) is 1.92. The Labute approximate surface area is 84.6 Å². The van der Waals surface area contributed by atoms with E-state index in [4.69, 9.17) is 0 Å². The van der Waals surface area contributed by atoms with E-state index in [0.29, 0.717) is 5.56 Å². The van der Waals surface area contributed by atoms with Gasteiger partial charge in [0, 0.05) is 23.0 Å². The molecule has 0 aliphatic rings. The van der Waals surface area contributed by atoms with E-state index in [2.05, 4.69) is 10.3 Å². The SMILES string of the molecule is Cc1cc(C(=O)NC(C)(C)C)ccn1. The highest BCUT2D eigenvalue weighted by molar-refractivity contribution is 5.94. The van der Waals surface area contributed by atoms with E-state index in [1.807, 2.05) is 27.7 Å². The van der Waals surface area contributed by atoms with Gasteiger partial charge in [-0.1, -0.05) is 0 Å². The second-order valence-corrected chi connectivity index (χ2v) is 4.39. The molecule has 1 N–H and O–H groups in total. The maximum atomic E-state index is 11.7. The van der Waals surface area contributed by atoms with Crippen molar-refractivity contribution in [2.24, 2.45) is 0 Å². The molecule has 0 radical (unpaired) electrons. The Hall–Kier alpha value is -1.38. The summed E-state index contributed by atoms with van der Waals surface area (Å²) in [5, 5.41) is 2.90. The zero-order chi connectivity index (χ0) is 10.8. The molecule has 1 aromatic rings. The molecular weight excluding hydrogens is 176 g/mol. The molecule has 0 saturated heterocycles. The Bertz CT molecular complexity index is 339. The molecule has 0 aromatic carbocycles. The molecule has 1 rings (SSSR count). The fourth-order valence-corrected chi connectivity index (χ4v) is 1.10. The van der Waals surface area contributed by atoms with Crippen LogP contribution in [0.25, 0.3) is 0 Å². The number of amides is 1. The molecule has 0 spiro atoms. The van der Waals surface area contributed by atoms with Crippen molar-refractivity contribution in [2.75, 3.05) is 0 Å². The van der Waals surface area contributed by atoms with Gasteiger partial charge in [0.15, 0.2) is 0 Å². The minimum absolute atomic E-state index is 0.0528. The number of rotatable bonds is 1. The van der Waals surface area contributed by atoms with Crippen LogP contribution >= 0.6 is 0 Å². The lowest BCUT2D eigenvalue weighted by atomic mass is 10.1. The predicted molar refractivity (Wildman–Crippen MR) is 56.2 cm³/mol. The first kappa shape index (κ1) is 10.7. The van der Waals surface area contributed by atoms with Crippen LogP contribution in [-0.2, 0) is 0 Å². The summed E-state index contributed by atoms with van der Waals surface area (Å²) in [4.78, 5) is 15.7. The molecule has 0 unspecified atom stereocenters. The molecule has 0 fully saturated rings. The maximum absolute atomic E-state index is 11.7. The first-order valence-corrected chi connectivity index (χ1v) is 4.64. The van der Waals surface area contributed by atoms with Crippen molar-refractivity contribution in [2.45, 2.75) is 33.2 Å². The summed E-state index contributed by atoms with van der Waals surface area (Å²) in [5.74, 6) is -0.0528. The van der Waals surface area contributed by atoms with Gasteiger partial charge in [-0.3, -0.25) is 9.78 Å². The van der Waals surface area contributed by atoms with Crippen LogP contribution in [0.15, 0.2) is 18.3 Å². The molecule has 0 aliphatic carbocycles. The molecular formula is C11H16N2O. The van der Waals surface area contributed by atoms with E-state index >= 15 is 0 Å². The summed E-state index contributed by atoms with van der Waals surface area (Å²) in [6.45, 7) is 7.74. The fourth-order valence-electron chi connectivity index (χ4n) is 1.10. The van der Waals surface area contributed by atoms with E-state index in [1.54, 1.807) is 18.3 Å². The zero-order valence-electron chi connectivity index (χ0n) is 9.09. The molecule has 0 atom stereocenters. The van der Waals surface area contributed by atoms with Crippen molar-refractivity contribution >= 4 is 5.91 Å². The molecule has 76 valence electrons. The third-order valence-electron chi connectivity index (χ3n) is 1.65. The van der Waals surface area contributed by atoms with Crippen LogP contribution in [0.1, 0.15) is 36.8 Å². The lowest BCUT2D eigenvalue weighted by Gasteiger charge is -2.20. The molecule has 1 heterocycles. The zero-order valence-corrected chi connectivity index (χ0v) is 9.09. The number of hydrogen-bond donors (Lipinski definition) is 1. The van der Waals surface area contributed by atoms with E-state index < -0.39 is 0 Å². The number of aromatic nitrogens is 1. The van der Waals surface area contributed by atoms with Crippen LogP contribution in [0.4, 0.5) is 0 Å². The lowest BCUT2D eigenvalue weighted by molar-refractivity contribution is 0.0919. The number of aryl methyl sites for hydroxylation is 1. The van der Waals surface area contributed by atoms with Gasteiger partial charge >= 0.3 is 0 Å². The van der Waals surface area contributed by atoms with Gasteiger partial charge in [0.25, 0.3) is 5.91 Å². The average molecular weight is 192 g/mol. The van der Waals surface area contributed by atoms with Gasteiger partial charge in [-0.2, -0.15) is 0 Å². The molecule has 3 heteroatoms. The highest BCUT2D eigenvalue weighted by Gasteiger charge is 2.14. The number of carbonyl (C=O) groups is 1. The third-order valence-corrected chi connectivity index (χ3v) is 1.65. The molecule has 0 aliphatic heterocycles. The van der Waals surface area contributed by atoms with E-state index in [0.717, 1.165) is 5.69 Å². The molecule has 14 heavy (non-hydrogen) atoms. The average Bonchev–Trinajstić information content (AvgIpc) is 2.01. The highest BCUT2D eigenvalue weighted by Crippen LogP contribution is 2.04. The van der Waals surface area contributed by atoms with E-state index in [9.17, 15) is 4.79 Å². The fraction of sp³-hybridized carbons (Fsp3) is 0.455. The minimum Gasteiger partial charge on any atom is -0.347 e. The van der Waals surface area contributed by atoms with Gasteiger partial charge in [-0.05, 0) is 39.8 Å². The summed E-state index contributed by atoms with van der Waals surface area (Å²) in [5.41, 5.74) is 1.31. The smallest absolute Gasteiger partial charge is 0.251 e. The maximum Gasteiger partial charge on any atom is 0.251 e. The number of carbonyl (C=O) groups excluding carboxylic acids is 1. The summed E-state index contributed by atoms with van der Waals surface area (Å²) in [7, 11) is 0. The number of nitrogens with zero attached hydrogens (tertiary/aromatic N) is 1. The first-order chi connectivity index (χ1) is 6.38. The first-order valence-electron chi connectivity index (χ1n) is 4.64. The normalized spacial score (nSPS) is 11.1. The van der Waals surface area contributed by atoms with Crippen molar-refractivity contribution in [1.82, 2.24) is 10.3 Å². The molecule has 0 saturated carbocycles. The summed E-state index contributed by atoms with van der Waals surface area (Å²) in [6.07, 6.45) is 1.65. The van der Waals surface area contributed by atoms with Crippen molar-refractivity contribution in [1.29, 1.82) is 0 Å². The Morgan fingerprint density at radius 1 is 1.43 bits per heavy atom. The topological polar surface area (TPSA) is 42.0 Å². The van der Waals surface area contributed by atoms with Gasteiger partial charge in [0.1, 0.15) is 0 Å². The highest BCUT2D eigenvalue weighted by atomic mass is 16.1. The second-order valence-electron chi connectivity index (χ2n) is 4.39. The van der Waals surface area contributed by atoms with Crippen LogP contribution in [-0.4, -0.2) is 16.4 Å². The Morgan fingerprint density at radius 2 is 2.07 bits per heavy atom. The van der Waals surface area contributed by atoms with Crippen LogP contribution in [0.2, 0.25) is 0 Å². The van der Waals surface area contributed by atoms with Crippen LogP contribution in [0.5, 0.6) is 0 Å². The van der Waals surface area contributed by atoms with E-state index in [1.165, 1.54) is 0 Å². The van der Waals surface area contributed by atoms with Gasteiger partial charge in [0.2, 0.25) is 0 Å². The van der Waals surface area contributed by atoms with Gasteiger partial charge in [-0.25, -0.2) is 0 Å². The van der Waals surface area contributed by atoms with Crippen molar-refractivity contribution in [3.05, 3.63) is 29.6 Å². The standard InChI is InChI=1S/C11H16N2O/c1-8-7-9(5-6-12-8)10(14)13-11(2,3)4/h5-7H,1-4H3,(H,13,14). The number of nitrogens with one attached hydrogen (secondary N) is 1. The number of pyridine rings is 1. The molecule has 0 bridgehead atoms. The van der Waals surface area contributed by atoms with Gasteiger partial charge < -0.3 is 5.32 Å². The molecule has 1 aromatic heterocycles. The Morgan fingerprint density at radius 3 is 2.57 bits per heavy atom. The summed E-state index contributed by atoms with van der Waals surface area (Å²) in [6, 6.07) is 3.50. The van der Waals surface area contributed by atoms with Crippen LogP contribution in [0.3, 0.4) is 0 Å². The molecule has 1 amide bonds. The van der Waals surface area contributed by atoms with Crippen LogP contribution < -0.4 is 5.32 Å². The van der Waals surface area contributed by atoms with Gasteiger partial charge in [-0.15, -0.1) is 0 Å². The lowest BCUT2D eigenvalue weighted by Crippen LogP contribution is -2.40. The van der Waals surface area contributed by atoms with Gasteiger partial charge in [0.05, 0.1) is 0 Å². The molecule has 3 nitrogen and oxygen atoms in total. The van der Waals surface area contributed by atoms with Crippen LogP contribution in [0, 0.1) is 6.92 Å². The number of hydrogen-bond acceptors (Lipinski definition) is 2. The summed E-state index contributed by atoms with van der Waals surface area (Å²) >= 11 is 0. The third kappa shape index (κ3) is 3.17. The van der Waals surface area contributed by atoms with E-state index in [-0.39, 0.29) is 11.4 Å².